The number of rotatable bonds is 9. The molecule has 3 rings (SSSR count). The van der Waals surface area contributed by atoms with Gasteiger partial charge in [-0.05, 0) is 43.7 Å². The molecule has 2 amide bonds. The van der Waals surface area contributed by atoms with Crippen molar-refractivity contribution in [1.29, 1.82) is 0 Å². The lowest BCUT2D eigenvalue weighted by Gasteiger charge is -2.27. The summed E-state index contributed by atoms with van der Waals surface area (Å²) in [5.74, 6) is 1.16. The van der Waals surface area contributed by atoms with Crippen LogP contribution >= 0.6 is 0 Å². The minimum atomic E-state index is -0.193. The van der Waals surface area contributed by atoms with Crippen molar-refractivity contribution in [2.45, 2.75) is 26.9 Å². The van der Waals surface area contributed by atoms with E-state index in [0.717, 1.165) is 16.9 Å². The van der Waals surface area contributed by atoms with Crippen LogP contribution < -0.4 is 0 Å². The largest absolute Gasteiger partial charge is 0.464 e. The summed E-state index contributed by atoms with van der Waals surface area (Å²) in [7, 11) is 0. The second-order valence-electron chi connectivity index (χ2n) is 7.59. The van der Waals surface area contributed by atoms with Crippen LogP contribution in [0.15, 0.2) is 83.8 Å². The van der Waals surface area contributed by atoms with Crippen molar-refractivity contribution in [3.63, 3.8) is 0 Å². The van der Waals surface area contributed by atoms with Gasteiger partial charge in [0, 0.05) is 18.7 Å². The van der Waals surface area contributed by atoms with E-state index in [0.29, 0.717) is 24.4 Å². The van der Waals surface area contributed by atoms with Gasteiger partial charge in [-0.1, -0.05) is 54.1 Å². The Labute approximate surface area is 183 Å². The smallest absolute Gasteiger partial charge is 0.254 e. The summed E-state index contributed by atoms with van der Waals surface area (Å²) in [6.07, 6.45) is 1.64. The third kappa shape index (κ3) is 6.19. The van der Waals surface area contributed by atoms with Crippen LogP contribution in [0.4, 0.5) is 0 Å². The van der Waals surface area contributed by atoms with Crippen LogP contribution in [0, 0.1) is 13.8 Å². The van der Waals surface area contributed by atoms with E-state index in [4.69, 9.17) is 4.42 Å². The number of hydrogen-bond acceptors (Lipinski definition) is 3. The molecule has 160 valence electrons. The average molecular weight is 417 g/mol. The second-order valence-corrected chi connectivity index (χ2v) is 7.59. The number of carbonyl (C=O) groups excluding carboxylic acids is 2. The van der Waals surface area contributed by atoms with Gasteiger partial charge in [0.05, 0.1) is 6.54 Å². The van der Waals surface area contributed by atoms with Crippen LogP contribution in [-0.4, -0.2) is 34.7 Å². The van der Waals surface area contributed by atoms with E-state index in [-0.39, 0.29) is 24.9 Å². The molecule has 5 heteroatoms. The first-order chi connectivity index (χ1) is 15.0. The lowest BCUT2D eigenvalue weighted by atomic mass is 10.1. The molecule has 0 aliphatic carbocycles. The van der Waals surface area contributed by atoms with E-state index >= 15 is 0 Å². The third-order valence-corrected chi connectivity index (χ3v) is 4.97. The molecule has 3 aromatic rings. The van der Waals surface area contributed by atoms with Crippen molar-refractivity contribution in [2.75, 3.05) is 13.1 Å². The molecule has 1 heterocycles. The van der Waals surface area contributed by atoms with Gasteiger partial charge in [-0.25, -0.2) is 0 Å². The Bertz CT molecular complexity index is 1020. The predicted molar refractivity (Wildman–Crippen MR) is 121 cm³/mol. The van der Waals surface area contributed by atoms with E-state index in [2.05, 4.69) is 6.58 Å². The molecular weight excluding hydrogens is 388 g/mol. The quantitative estimate of drug-likeness (QED) is 0.473. The van der Waals surface area contributed by atoms with Gasteiger partial charge in [-0.3, -0.25) is 9.59 Å². The highest BCUT2D eigenvalue weighted by Crippen LogP contribution is 2.15. The molecule has 0 saturated carbocycles. The Hall–Kier alpha value is -3.60. The maximum atomic E-state index is 13.3. The first-order valence-electron chi connectivity index (χ1n) is 10.3. The third-order valence-electron chi connectivity index (χ3n) is 4.97. The number of benzene rings is 2. The van der Waals surface area contributed by atoms with Gasteiger partial charge in [0.25, 0.3) is 5.91 Å². The number of amides is 2. The Morgan fingerprint density at radius 1 is 0.903 bits per heavy atom. The lowest BCUT2D eigenvalue weighted by Crippen LogP contribution is -2.42. The molecule has 5 nitrogen and oxygen atoms in total. The van der Waals surface area contributed by atoms with Crippen LogP contribution in [0.5, 0.6) is 0 Å². The molecule has 2 aromatic carbocycles. The minimum absolute atomic E-state index is 0.0365. The fourth-order valence-electron chi connectivity index (χ4n) is 3.31. The molecule has 0 bridgehead atoms. The molecule has 0 saturated heterocycles. The molecule has 0 radical (unpaired) electrons. The average Bonchev–Trinajstić information content (AvgIpc) is 3.18. The lowest BCUT2D eigenvalue weighted by molar-refractivity contribution is -0.133. The van der Waals surface area contributed by atoms with Gasteiger partial charge >= 0.3 is 0 Å². The summed E-state index contributed by atoms with van der Waals surface area (Å²) >= 11 is 0. The number of hydrogen-bond donors (Lipinski definition) is 0. The Morgan fingerprint density at radius 2 is 1.61 bits per heavy atom. The summed E-state index contributed by atoms with van der Waals surface area (Å²) in [6, 6.07) is 20.9. The van der Waals surface area contributed by atoms with E-state index < -0.39 is 0 Å². The zero-order valence-corrected chi connectivity index (χ0v) is 18.1. The first kappa shape index (κ1) is 22.1. The zero-order valence-electron chi connectivity index (χ0n) is 18.1. The zero-order chi connectivity index (χ0) is 22.2. The molecule has 1 aromatic heterocycles. The highest BCUT2D eigenvalue weighted by Gasteiger charge is 2.23. The van der Waals surface area contributed by atoms with E-state index in [9.17, 15) is 9.59 Å². The number of nitrogens with zero attached hydrogens (tertiary/aromatic N) is 2. The maximum absolute atomic E-state index is 13.3. The highest BCUT2D eigenvalue weighted by atomic mass is 16.3. The van der Waals surface area contributed by atoms with E-state index in [1.54, 1.807) is 23.1 Å². The van der Waals surface area contributed by atoms with Crippen molar-refractivity contribution >= 4 is 11.8 Å². The molecule has 0 aliphatic heterocycles. The van der Waals surface area contributed by atoms with Crippen molar-refractivity contribution in [3.8, 4) is 0 Å². The molecule has 0 N–H and O–H groups in total. The standard InChI is InChI=1S/C26H28N2O3/c1-4-16-27(26(30)23-13-10-20(2)11-14-23)19-25(29)28(17-22-8-6-5-7-9-22)18-24-15-12-21(3)31-24/h4-15H,1,16-19H2,2-3H3. The molecule has 31 heavy (non-hydrogen) atoms. The number of aryl methyl sites for hydroxylation is 2. The van der Waals surface area contributed by atoms with Crippen LogP contribution in [0.1, 0.15) is 33.0 Å². The normalized spacial score (nSPS) is 10.5. The van der Waals surface area contributed by atoms with Crippen LogP contribution in [0.25, 0.3) is 0 Å². The topological polar surface area (TPSA) is 53.8 Å². The summed E-state index contributed by atoms with van der Waals surface area (Å²) in [6.45, 7) is 8.61. The summed E-state index contributed by atoms with van der Waals surface area (Å²) in [4.78, 5) is 29.5. The summed E-state index contributed by atoms with van der Waals surface area (Å²) < 4.78 is 5.69. The van der Waals surface area contributed by atoms with Gasteiger partial charge in [-0.2, -0.15) is 0 Å². The molecular formula is C26H28N2O3. The fraction of sp³-hybridized carbons (Fsp3) is 0.231. The van der Waals surface area contributed by atoms with Crippen LogP contribution in [-0.2, 0) is 17.9 Å². The van der Waals surface area contributed by atoms with Gasteiger partial charge in [-0.15, -0.1) is 6.58 Å². The Kier molecular flexibility index (Phi) is 7.44. The van der Waals surface area contributed by atoms with Crippen molar-refractivity contribution in [1.82, 2.24) is 9.80 Å². The Morgan fingerprint density at radius 3 is 2.23 bits per heavy atom. The number of furan rings is 1. The van der Waals surface area contributed by atoms with Crippen molar-refractivity contribution in [2.24, 2.45) is 0 Å². The molecule has 0 spiro atoms. The minimum Gasteiger partial charge on any atom is -0.464 e. The number of carbonyl (C=O) groups is 2. The van der Waals surface area contributed by atoms with E-state index in [1.807, 2.05) is 68.4 Å². The Balaban J connectivity index is 1.79. The van der Waals surface area contributed by atoms with Gasteiger partial charge in [0.15, 0.2) is 0 Å². The van der Waals surface area contributed by atoms with E-state index in [1.165, 1.54) is 4.90 Å². The highest BCUT2D eigenvalue weighted by molar-refractivity contribution is 5.96. The van der Waals surface area contributed by atoms with Crippen molar-refractivity contribution in [3.05, 3.63) is 108 Å². The summed E-state index contributed by atoms with van der Waals surface area (Å²) in [5, 5.41) is 0. The molecule has 0 atom stereocenters. The fourth-order valence-corrected chi connectivity index (χ4v) is 3.31. The van der Waals surface area contributed by atoms with Gasteiger partial charge in [0.2, 0.25) is 5.91 Å². The predicted octanol–water partition coefficient (Wildman–Crippen LogP) is 4.75. The van der Waals surface area contributed by atoms with Crippen LogP contribution in [0.2, 0.25) is 0 Å². The monoisotopic (exact) mass is 416 g/mol. The second kappa shape index (κ2) is 10.4. The van der Waals surface area contributed by atoms with Crippen LogP contribution in [0.3, 0.4) is 0 Å². The molecule has 0 fully saturated rings. The maximum Gasteiger partial charge on any atom is 0.254 e. The van der Waals surface area contributed by atoms with Crippen molar-refractivity contribution < 1.29 is 14.0 Å². The first-order valence-corrected chi connectivity index (χ1v) is 10.3. The molecule has 0 aliphatic rings. The van der Waals surface area contributed by atoms with Gasteiger partial charge in [0.1, 0.15) is 18.1 Å². The summed E-state index contributed by atoms with van der Waals surface area (Å²) in [5.41, 5.74) is 2.64. The van der Waals surface area contributed by atoms with Gasteiger partial charge < -0.3 is 14.2 Å². The molecule has 0 unspecified atom stereocenters. The SMILES string of the molecule is C=CCN(CC(=O)N(Cc1ccccc1)Cc1ccc(C)o1)C(=O)c1ccc(C)cc1.